The van der Waals surface area contributed by atoms with E-state index in [1.54, 1.807) is 0 Å². The van der Waals surface area contributed by atoms with E-state index in [9.17, 15) is 0 Å². The predicted octanol–water partition coefficient (Wildman–Crippen LogP) is -6.35. The van der Waals surface area contributed by atoms with Crippen LogP contribution in [0.25, 0.3) is 0 Å². The number of hydrogen-bond acceptors (Lipinski definition) is 1. The van der Waals surface area contributed by atoms with Crippen LogP contribution >= 0.6 is 0 Å². The standard InChI is InChI=1S/Fe.2Li.Ni.3O/q+2;2*+1;;;2*-2. The van der Waals surface area contributed by atoms with E-state index in [1.807, 2.05) is 0 Å². The van der Waals surface area contributed by atoms with Crippen LogP contribution in [0.15, 0.2) is 0 Å². The van der Waals surface area contributed by atoms with Crippen LogP contribution in [-0.2, 0) is 47.3 Å². The minimum atomic E-state index is 0. The molecule has 38 valence electrons. The third-order valence-corrected chi connectivity index (χ3v) is 0. The summed E-state index contributed by atoms with van der Waals surface area (Å²) in [5.41, 5.74) is 0. The maximum absolute atomic E-state index is 7.88. The van der Waals surface area contributed by atoms with Gasteiger partial charge in [-0.25, -0.2) is 0 Å². The zero-order valence-electron chi connectivity index (χ0n) is 3.89. The molecular formula is FeLi2NiO3. The fourth-order valence-corrected chi connectivity index (χ4v) is 0. The summed E-state index contributed by atoms with van der Waals surface area (Å²) in [6.45, 7) is 0. The molecule has 0 aliphatic carbocycles. The van der Waals surface area contributed by atoms with Crippen molar-refractivity contribution >= 4 is 0 Å². The zero-order chi connectivity index (χ0) is 2.00. The van der Waals surface area contributed by atoms with Gasteiger partial charge in [0.25, 0.3) is 0 Å². The fraction of sp³-hybridized carbons (Fsp3) is 0. The molecule has 0 aliphatic rings. The van der Waals surface area contributed by atoms with E-state index in [0.29, 0.717) is 0 Å². The summed E-state index contributed by atoms with van der Waals surface area (Å²) in [6, 6.07) is 0. The van der Waals surface area contributed by atoms with Crippen molar-refractivity contribution in [3.8, 4) is 0 Å². The number of hydrogen-bond donors (Lipinski definition) is 0. The summed E-state index contributed by atoms with van der Waals surface area (Å²) in [7, 11) is 0. The van der Waals surface area contributed by atoms with E-state index in [4.69, 9.17) is 3.90 Å². The number of rotatable bonds is 0. The van der Waals surface area contributed by atoms with E-state index in [2.05, 4.69) is 15.4 Å². The summed E-state index contributed by atoms with van der Waals surface area (Å²) in [4.78, 5) is 0. The molecule has 0 unspecified atom stereocenters. The predicted molar refractivity (Wildman–Crippen MR) is 2.06 cm³/mol. The van der Waals surface area contributed by atoms with Crippen molar-refractivity contribution in [1.82, 2.24) is 0 Å². The van der Waals surface area contributed by atoms with Crippen molar-refractivity contribution in [3.63, 3.8) is 0 Å². The third-order valence-electron chi connectivity index (χ3n) is 0. The SMILES string of the molecule is [Fe+2].[Li+].[Li+].[O-2].[O-2].[O]=[Ni]. The van der Waals surface area contributed by atoms with Crippen LogP contribution in [0.1, 0.15) is 0 Å². The molecule has 7 heteroatoms. The van der Waals surface area contributed by atoms with Gasteiger partial charge >= 0.3 is 74.1 Å². The van der Waals surface area contributed by atoms with Gasteiger partial charge in [-0.05, 0) is 0 Å². The van der Waals surface area contributed by atoms with Crippen LogP contribution in [0.4, 0.5) is 0 Å². The second-order valence-electron chi connectivity index (χ2n) is 0. The Kier molecular flexibility index (Phi) is 957. The van der Waals surface area contributed by atoms with Crippen molar-refractivity contribution in [2.24, 2.45) is 0 Å². The van der Waals surface area contributed by atoms with Crippen molar-refractivity contribution in [3.05, 3.63) is 0 Å². The van der Waals surface area contributed by atoms with Gasteiger partial charge in [-0.15, -0.1) is 0 Å². The summed E-state index contributed by atoms with van der Waals surface area (Å²) in [5.74, 6) is 0. The molecule has 0 fully saturated rings. The molecule has 0 aliphatic heterocycles. The van der Waals surface area contributed by atoms with Crippen LogP contribution in [0.2, 0.25) is 0 Å². The second kappa shape index (κ2) is 102. The average molecular weight is 176 g/mol. The maximum atomic E-state index is 7.88. The van der Waals surface area contributed by atoms with Gasteiger partial charge in [-0.2, -0.15) is 0 Å². The Morgan fingerprint density at radius 3 is 0.857 bits per heavy atom. The molecule has 0 amide bonds. The molecule has 0 saturated heterocycles. The first-order valence-electron chi connectivity index (χ1n) is 0.129. The van der Waals surface area contributed by atoms with Crippen LogP contribution < -0.4 is 37.7 Å². The quantitative estimate of drug-likeness (QED) is 0.338. The van der Waals surface area contributed by atoms with E-state index in [-0.39, 0.29) is 65.7 Å². The van der Waals surface area contributed by atoms with Crippen molar-refractivity contribution in [2.45, 2.75) is 0 Å². The topological polar surface area (TPSA) is 74.1 Å². The third kappa shape index (κ3) is 75.0. The Balaban J connectivity index is -0.000000000500. The summed E-state index contributed by atoms with van der Waals surface area (Å²) >= 11 is 2.62. The van der Waals surface area contributed by atoms with Crippen molar-refractivity contribution in [1.29, 1.82) is 0 Å². The Hall–Kier alpha value is 1.93. The van der Waals surface area contributed by atoms with Gasteiger partial charge in [-0.1, -0.05) is 0 Å². The van der Waals surface area contributed by atoms with Crippen molar-refractivity contribution < 1.29 is 85.0 Å². The fourth-order valence-electron chi connectivity index (χ4n) is 0. The normalized spacial score (nSPS) is 0.857. The van der Waals surface area contributed by atoms with E-state index in [0.717, 1.165) is 0 Å². The first-order valence-corrected chi connectivity index (χ1v) is 0.532. The molecule has 0 saturated carbocycles. The van der Waals surface area contributed by atoms with Gasteiger partial charge in [0, 0.05) is 0 Å². The Labute approximate surface area is 84.4 Å². The second-order valence-corrected chi connectivity index (χ2v) is 0. The van der Waals surface area contributed by atoms with E-state index in [1.165, 1.54) is 0 Å². The summed E-state index contributed by atoms with van der Waals surface area (Å²) in [5, 5.41) is 0. The molecular weight excluding hydrogens is 176 g/mol. The summed E-state index contributed by atoms with van der Waals surface area (Å²) in [6.07, 6.45) is 0. The van der Waals surface area contributed by atoms with Gasteiger partial charge in [0.15, 0.2) is 0 Å². The zero-order valence-corrected chi connectivity index (χ0v) is 5.99. The van der Waals surface area contributed by atoms with Crippen molar-refractivity contribution in [2.75, 3.05) is 0 Å². The molecule has 0 atom stereocenters. The van der Waals surface area contributed by atoms with E-state index < -0.39 is 0 Å². The molecule has 3 nitrogen and oxygen atoms in total. The van der Waals surface area contributed by atoms with Crippen LogP contribution in [0, 0.1) is 0 Å². The molecule has 0 heterocycles. The molecule has 0 aromatic rings. The molecule has 0 N–H and O–H groups in total. The molecule has 0 aromatic heterocycles. The van der Waals surface area contributed by atoms with Crippen LogP contribution in [-0.4, -0.2) is 0 Å². The van der Waals surface area contributed by atoms with Gasteiger partial charge < -0.3 is 11.0 Å². The minimum absolute atomic E-state index is 0. The Morgan fingerprint density at radius 2 is 0.857 bits per heavy atom. The molecule has 0 radical (unpaired) electrons. The summed E-state index contributed by atoms with van der Waals surface area (Å²) < 4.78 is 7.88. The van der Waals surface area contributed by atoms with Crippen LogP contribution in [0.5, 0.6) is 0 Å². The van der Waals surface area contributed by atoms with E-state index >= 15 is 0 Å². The monoisotopic (exact) mass is 176 g/mol. The van der Waals surface area contributed by atoms with Gasteiger partial charge in [-0.3, -0.25) is 0 Å². The van der Waals surface area contributed by atoms with Gasteiger partial charge in [0.05, 0.1) is 0 Å². The first-order chi connectivity index (χ1) is 1.00. The van der Waals surface area contributed by atoms with Gasteiger partial charge in [0.1, 0.15) is 0 Å². The van der Waals surface area contributed by atoms with Gasteiger partial charge in [0.2, 0.25) is 0 Å². The molecule has 0 spiro atoms. The molecule has 0 rings (SSSR count). The molecule has 0 aromatic carbocycles. The van der Waals surface area contributed by atoms with Crippen LogP contribution in [0.3, 0.4) is 0 Å². The Bertz CT molecular complexity index is 12.9. The molecule has 0 bridgehead atoms. The average Bonchev–Trinajstić information content (AvgIpc) is 1.00. The first kappa shape index (κ1) is 65.5. The molecule has 7 heavy (non-hydrogen) atoms. The Morgan fingerprint density at radius 1 is 0.857 bits per heavy atom.